The predicted octanol–water partition coefficient (Wildman–Crippen LogP) is 4.68. The number of hydrogen-bond donors (Lipinski definition) is 0. The number of carbonyl (C=O) groups is 2. The fourth-order valence-corrected chi connectivity index (χ4v) is 4.87. The SMILES string of the molecule is CCOc1ccccc1N(C)C(=O)C1c2cc(OC)c(OC)cc2C(=O)N(C)C1c1ccc(OC)cc1. The van der Waals surface area contributed by atoms with E-state index in [0.29, 0.717) is 46.4 Å². The zero-order valence-corrected chi connectivity index (χ0v) is 22.0. The summed E-state index contributed by atoms with van der Waals surface area (Å²) in [6.45, 7) is 2.37. The van der Waals surface area contributed by atoms with Gasteiger partial charge in [-0.2, -0.15) is 0 Å². The Morgan fingerprint density at radius 1 is 0.919 bits per heavy atom. The molecule has 37 heavy (non-hydrogen) atoms. The minimum atomic E-state index is -0.731. The van der Waals surface area contributed by atoms with Crippen molar-refractivity contribution in [3.63, 3.8) is 0 Å². The average molecular weight is 505 g/mol. The molecule has 0 fully saturated rings. The summed E-state index contributed by atoms with van der Waals surface area (Å²) < 4.78 is 22.1. The number of benzene rings is 3. The molecule has 2 amide bonds. The molecule has 3 aromatic rings. The van der Waals surface area contributed by atoms with Crippen molar-refractivity contribution in [2.45, 2.75) is 18.9 Å². The molecule has 0 radical (unpaired) electrons. The zero-order valence-electron chi connectivity index (χ0n) is 22.0. The van der Waals surface area contributed by atoms with Gasteiger partial charge in [0.1, 0.15) is 11.5 Å². The van der Waals surface area contributed by atoms with E-state index < -0.39 is 12.0 Å². The lowest BCUT2D eigenvalue weighted by molar-refractivity contribution is -0.121. The van der Waals surface area contributed by atoms with Crippen LogP contribution in [0.2, 0.25) is 0 Å². The maximum Gasteiger partial charge on any atom is 0.254 e. The van der Waals surface area contributed by atoms with E-state index >= 15 is 0 Å². The third kappa shape index (κ3) is 4.67. The van der Waals surface area contributed by atoms with Gasteiger partial charge in [-0.05, 0) is 54.4 Å². The van der Waals surface area contributed by atoms with Gasteiger partial charge in [0.05, 0.1) is 45.6 Å². The van der Waals surface area contributed by atoms with E-state index in [4.69, 9.17) is 18.9 Å². The molecule has 8 heteroatoms. The summed E-state index contributed by atoms with van der Waals surface area (Å²) in [4.78, 5) is 31.2. The molecule has 0 bridgehead atoms. The fourth-order valence-electron chi connectivity index (χ4n) is 4.87. The molecule has 194 valence electrons. The maximum absolute atomic E-state index is 14.4. The molecule has 0 saturated heterocycles. The van der Waals surface area contributed by atoms with Crippen molar-refractivity contribution < 1.29 is 28.5 Å². The number of rotatable bonds is 8. The van der Waals surface area contributed by atoms with Crippen molar-refractivity contribution in [2.75, 3.05) is 46.9 Å². The zero-order chi connectivity index (χ0) is 26.7. The first-order chi connectivity index (χ1) is 17.9. The van der Waals surface area contributed by atoms with Crippen LogP contribution in [0.3, 0.4) is 0 Å². The van der Waals surface area contributed by atoms with Gasteiger partial charge < -0.3 is 28.7 Å². The highest BCUT2D eigenvalue weighted by Gasteiger charge is 2.45. The average Bonchev–Trinajstić information content (AvgIpc) is 2.94. The number of ether oxygens (including phenoxy) is 4. The van der Waals surface area contributed by atoms with Gasteiger partial charge in [0.25, 0.3) is 5.91 Å². The lowest BCUT2D eigenvalue weighted by Gasteiger charge is -2.41. The summed E-state index contributed by atoms with van der Waals surface area (Å²) in [7, 11) is 8.08. The normalized spacial score (nSPS) is 16.6. The molecule has 0 saturated carbocycles. The molecule has 3 aromatic carbocycles. The van der Waals surface area contributed by atoms with E-state index in [1.54, 1.807) is 43.1 Å². The topological polar surface area (TPSA) is 77.5 Å². The van der Waals surface area contributed by atoms with Crippen LogP contribution in [0.5, 0.6) is 23.0 Å². The summed E-state index contributed by atoms with van der Waals surface area (Å²) in [5.74, 6) is 1.03. The smallest absolute Gasteiger partial charge is 0.254 e. The second-order valence-corrected chi connectivity index (χ2v) is 8.70. The van der Waals surface area contributed by atoms with Crippen LogP contribution in [0.15, 0.2) is 60.7 Å². The Morgan fingerprint density at radius 2 is 1.57 bits per heavy atom. The third-order valence-electron chi connectivity index (χ3n) is 6.75. The standard InChI is InChI=1S/C29H32N2O6/c1-7-37-23-11-9-8-10-22(23)30(2)29(33)26-20-16-24(35-5)25(36-6)17-21(20)28(32)31(3)27(26)18-12-14-19(34-4)15-13-18/h8-17,26-27H,7H2,1-6H3. The number of para-hydroxylation sites is 2. The number of nitrogens with zero attached hydrogens (tertiary/aromatic N) is 2. The number of methoxy groups -OCH3 is 3. The van der Waals surface area contributed by atoms with Crippen molar-refractivity contribution in [1.82, 2.24) is 4.90 Å². The second kappa shape index (κ2) is 10.8. The number of carbonyl (C=O) groups excluding carboxylic acids is 2. The van der Waals surface area contributed by atoms with E-state index in [1.165, 1.54) is 14.2 Å². The highest BCUT2D eigenvalue weighted by atomic mass is 16.5. The summed E-state index contributed by atoms with van der Waals surface area (Å²) in [5, 5.41) is 0. The largest absolute Gasteiger partial charge is 0.497 e. The number of hydrogen-bond acceptors (Lipinski definition) is 6. The highest BCUT2D eigenvalue weighted by Crippen LogP contribution is 2.47. The van der Waals surface area contributed by atoms with Gasteiger partial charge in [0.2, 0.25) is 5.91 Å². The Bertz CT molecular complexity index is 1290. The van der Waals surface area contributed by atoms with Crippen LogP contribution in [-0.4, -0.2) is 58.7 Å². The minimum absolute atomic E-state index is 0.194. The Balaban J connectivity index is 1.91. The fraction of sp³-hybridized carbons (Fsp3) is 0.310. The van der Waals surface area contributed by atoms with Crippen LogP contribution in [0.4, 0.5) is 5.69 Å². The lowest BCUT2D eigenvalue weighted by Crippen LogP contribution is -2.46. The first-order valence-corrected chi connectivity index (χ1v) is 12.0. The van der Waals surface area contributed by atoms with Gasteiger partial charge in [0.15, 0.2) is 11.5 Å². The van der Waals surface area contributed by atoms with Crippen LogP contribution >= 0.6 is 0 Å². The monoisotopic (exact) mass is 504 g/mol. The van der Waals surface area contributed by atoms with Crippen molar-refractivity contribution in [3.8, 4) is 23.0 Å². The van der Waals surface area contributed by atoms with Gasteiger partial charge in [-0.15, -0.1) is 0 Å². The van der Waals surface area contributed by atoms with E-state index in [0.717, 1.165) is 5.56 Å². The molecule has 0 aliphatic carbocycles. The second-order valence-electron chi connectivity index (χ2n) is 8.70. The maximum atomic E-state index is 14.4. The predicted molar refractivity (Wildman–Crippen MR) is 141 cm³/mol. The Kier molecular flexibility index (Phi) is 7.57. The van der Waals surface area contributed by atoms with Crippen molar-refractivity contribution in [3.05, 3.63) is 77.4 Å². The van der Waals surface area contributed by atoms with Crippen molar-refractivity contribution in [2.24, 2.45) is 0 Å². The van der Waals surface area contributed by atoms with Gasteiger partial charge in [0, 0.05) is 19.7 Å². The van der Waals surface area contributed by atoms with Crippen molar-refractivity contribution in [1.29, 1.82) is 0 Å². The lowest BCUT2D eigenvalue weighted by atomic mass is 9.78. The summed E-state index contributed by atoms with van der Waals surface area (Å²) in [6.07, 6.45) is 0. The molecule has 2 atom stereocenters. The molecule has 1 aliphatic rings. The first kappa shape index (κ1) is 25.9. The quantitative estimate of drug-likeness (QED) is 0.443. The number of fused-ring (bicyclic) bond motifs is 1. The molecule has 0 aromatic heterocycles. The van der Waals surface area contributed by atoms with Gasteiger partial charge >= 0.3 is 0 Å². The van der Waals surface area contributed by atoms with E-state index in [2.05, 4.69) is 0 Å². The summed E-state index contributed by atoms with van der Waals surface area (Å²) in [5.41, 5.74) is 2.42. The van der Waals surface area contributed by atoms with Crippen molar-refractivity contribution >= 4 is 17.5 Å². The molecule has 0 N–H and O–H groups in total. The van der Waals surface area contributed by atoms with Crippen LogP contribution in [0, 0.1) is 0 Å². The van der Waals surface area contributed by atoms with E-state index in [-0.39, 0.29) is 11.8 Å². The molecule has 1 heterocycles. The molecule has 4 rings (SSSR count). The Morgan fingerprint density at radius 3 is 2.19 bits per heavy atom. The van der Waals surface area contributed by atoms with Crippen LogP contribution in [0.1, 0.15) is 40.4 Å². The van der Waals surface area contributed by atoms with E-state index in [9.17, 15) is 9.59 Å². The highest BCUT2D eigenvalue weighted by molar-refractivity contribution is 6.06. The third-order valence-corrected chi connectivity index (χ3v) is 6.75. The van der Waals surface area contributed by atoms with E-state index in [1.807, 2.05) is 55.5 Å². The summed E-state index contributed by atoms with van der Waals surface area (Å²) >= 11 is 0. The van der Waals surface area contributed by atoms with Gasteiger partial charge in [-0.1, -0.05) is 24.3 Å². The molecule has 1 aliphatic heterocycles. The molecule has 2 unspecified atom stereocenters. The Labute approximate surface area is 217 Å². The van der Waals surface area contributed by atoms with Gasteiger partial charge in [-0.25, -0.2) is 0 Å². The van der Waals surface area contributed by atoms with Gasteiger partial charge in [-0.3, -0.25) is 9.59 Å². The number of likely N-dealkylation sites (N-methyl/N-ethyl adjacent to an activating group) is 2. The molecular formula is C29H32N2O6. The van der Waals surface area contributed by atoms with Crippen LogP contribution in [0.25, 0.3) is 0 Å². The molecular weight excluding hydrogens is 472 g/mol. The Hall–Kier alpha value is -4.20. The van der Waals surface area contributed by atoms with Crippen LogP contribution < -0.4 is 23.8 Å². The minimum Gasteiger partial charge on any atom is -0.497 e. The summed E-state index contributed by atoms with van der Waals surface area (Å²) in [6, 6.07) is 17.6. The number of amides is 2. The van der Waals surface area contributed by atoms with Crippen LogP contribution in [-0.2, 0) is 4.79 Å². The molecule has 8 nitrogen and oxygen atoms in total. The first-order valence-electron chi connectivity index (χ1n) is 12.0. The number of anilines is 1. The molecule has 0 spiro atoms.